The molecule has 5 rings (SSSR count). The molecule has 0 spiro atoms. The number of hydrogen-bond acceptors (Lipinski definition) is 4. The van der Waals surface area contributed by atoms with Gasteiger partial charge in [-0.2, -0.15) is 0 Å². The summed E-state index contributed by atoms with van der Waals surface area (Å²) in [5.74, 6) is -0.664. The molecular formula is C28H32N2O5. The molecule has 2 N–H and O–H groups in total. The van der Waals surface area contributed by atoms with Crippen molar-refractivity contribution in [2.24, 2.45) is 11.8 Å². The summed E-state index contributed by atoms with van der Waals surface area (Å²) in [4.78, 5) is 38.7. The van der Waals surface area contributed by atoms with Crippen molar-refractivity contribution < 1.29 is 24.2 Å². The maximum absolute atomic E-state index is 13.0. The van der Waals surface area contributed by atoms with E-state index in [9.17, 15) is 19.5 Å². The standard InChI is InChI=1S/C28H32N2O5/c31-26(30-14-6-5-11-25(30)27(32)33)15-19(18-12-13-18)16-29-28(34)35-17-24-22-9-3-1-7-20(22)21-8-2-4-10-23(21)24/h1-4,7-10,18-19,24-25H,5-6,11-17H2,(H,29,34)(H,32,33)/t19?,25-/m1/s1. The molecule has 0 bridgehead atoms. The molecule has 1 saturated carbocycles. The monoisotopic (exact) mass is 476 g/mol. The number of carbonyl (C=O) groups excluding carboxylic acids is 2. The smallest absolute Gasteiger partial charge is 0.407 e. The highest BCUT2D eigenvalue weighted by molar-refractivity contribution is 5.84. The van der Waals surface area contributed by atoms with Gasteiger partial charge >= 0.3 is 12.1 Å². The van der Waals surface area contributed by atoms with Crippen LogP contribution < -0.4 is 5.32 Å². The van der Waals surface area contributed by atoms with Gasteiger partial charge < -0.3 is 20.1 Å². The van der Waals surface area contributed by atoms with Crippen LogP contribution in [0.3, 0.4) is 0 Å². The maximum Gasteiger partial charge on any atom is 0.407 e. The molecule has 2 amide bonds. The first-order valence-electron chi connectivity index (χ1n) is 12.6. The van der Waals surface area contributed by atoms with Crippen LogP contribution in [0, 0.1) is 11.8 Å². The van der Waals surface area contributed by atoms with E-state index < -0.39 is 18.1 Å². The molecule has 2 aromatic carbocycles. The zero-order valence-corrected chi connectivity index (χ0v) is 19.8. The van der Waals surface area contributed by atoms with Gasteiger partial charge in [0.2, 0.25) is 5.91 Å². The molecule has 7 nitrogen and oxygen atoms in total. The molecule has 1 heterocycles. The number of hydrogen-bond donors (Lipinski definition) is 2. The van der Waals surface area contributed by atoms with E-state index in [2.05, 4.69) is 29.6 Å². The summed E-state index contributed by atoms with van der Waals surface area (Å²) in [5.41, 5.74) is 4.69. The number of amides is 2. The molecule has 1 saturated heterocycles. The van der Waals surface area contributed by atoms with Gasteiger partial charge in [-0.05, 0) is 66.2 Å². The van der Waals surface area contributed by atoms with Crippen molar-refractivity contribution >= 4 is 18.0 Å². The van der Waals surface area contributed by atoms with Crippen LogP contribution in [-0.4, -0.2) is 53.7 Å². The number of rotatable bonds is 8. The van der Waals surface area contributed by atoms with E-state index >= 15 is 0 Å². The highest BCUT2D eigenvalue weighted by atomic mass is 16.5. The van der Waals surface area contributed by atoms with Crippen LogP contribution in [0.1, 0.15) is 55.6 Å². The summed E-state index contributed by atoms with van der Waals surface area (Å²) in [6.45, 7) is 1.10. The third-order valence-electron chi connectivity index (χ3n) is 7.69. The molecule has 35 heavy (non-hydrogen) atoms. The van der Waals surface area contributed by atoms with Gasteiger partial charge in [0, 0.05) is 25.4 Å². The second kappa shape index (κ2) is 10.1. The summed E-state index contributed by atoms with van der Waals surface area (Å²) in [6, 6.07) is 15.7. The van der Waals surface area contributed by atoms with Crippen LogP contribution in [0.5, 0.6) is 0 Å². The molecule has 2 atom stereocenters. The Morgan fingerprint density at radius 1 is 0.971 bits per heavy atom. The molecular weight excluding hydrogens is 444 g/mol. The number of carboxylic acids is 1. The molecule has 2 fully saturated rings. The van der Waals surface area contributed by atoms with Crippen molar-refractivity contribution in [1.29, 1.82) is 0 Å². The van der Waals surface area contributed by atoms with Crippen molar-refractivity contribution in [3.63, 3.8) is 0 Å². The number of likely N-dealkylation sites (tertiary alicyclic amines) is 1. The Hall–Kier alpha value is -3.35. The quantitative estimate of drug-likeness (QED) is 0.589. The summed E-state index contributed by atoms with van der Waals surface area (Å²) < 4.78 is 5.64. The fourth-order valence-electron chi connectivity index (χ4n) is 5.67. The average molecular weight is 477 g/mol. The van der Waals surface area contributed by atoms with Gasteiger partial charge in [0.15, 0.2) is 0 Å². The fraction of sp³-hybridized carbons (Fsp3) is 0.464. The minimum Gasteiger partial charge on any atom is -0.480 e. The van der Waals surface area contributed by atoms with Gasteiger partial charge in [-0.1, -0.05) is 48.5 Å². The topological polar surface area (TPSA) is 95.9 Å². The number of ether oxygens (including phenoxy) is 1. The van der Waals surface area contributed by atoms with E-state index in [4.69, 9.17) is 4.74 Å². The lowest BCUT2D eigenvalue weighted by Gasteiger charge is -2.34. The first-order valence-corrected chi connectivity index (χ1v) is 12.6. The first kappa shape index (κ1) is 23.4. The lowest BCUT2D eigenvalue weighted by molar-refractivity contribution is -0.152. The van der Waals surface area contributed by atoms with Crippen LogP contribution in [0.25, 0.3) is 11.1 Å². The Morgan fingerprint density at radius 2 is 1.63 bits per heavy atom. The highest BCUT2D eigenvalue weighted by Crippen LogP contribution is 2.44. The molecule has 0 radical (unpaired) electrons. The summed E-state index contributed by atoms with van der Waals surface area (Å²) in [7, 11) is 0. The fourth-order valence-corrected chi connectivity index (χ4v) is 5.67. The molecule has 3 aliphatic rings. The summed E-state index contributed by atoms with van der Waals surface area (Å²) in [6.07, 6.45) is 4.02. The van der Waals surface area contributed by atoms with Gasteiger partial charge in [-0.25, -0.2) is 9.59 Å². The highest BCUT2D eigenvalue weighted by Gasteiger charge is 2.37. The lowest BCUT2D eigenvalue weighted by atomic mass is 9.96. The predicted molar refractivity (Wildman–Crippen MR) is 131 cm³/mol. The van der Waals surface area contributed by atoms with Gasteiger partial charge in [-0.3, -0.25) is 4.79 Å². The predicted octanol–water partition coefficient (Wildman–Crippen LogP) is 4.41. The molecule has 7 heteroatoms. The van der Waals surface area contributed by atoms with Crippen LogP contribution in [0.15, 0.2) is 48.5 Å². The van der Waals surface area contributed by atoms with Crippen LogP contribution in [-0.2, 0) is 14.3 Å². The van der Waals surface area contributed by atoms with E-state index in [0.717, 1.165) is 36.8 Å². The maximum atomic E-state index is 13.0. The number of nitrogens with zero attached hydrogens (tertiary/aromatic N) is 1. The number of fused-ring (bicyclic) bond motifs is 3. The second-order valence-corrected chi connectivity index (χ2v) is 9.95. The Balaban J connectivity index is 1.16. The minimum atomic E-state index is -0.933. The number of benzene rings is 2. The third kappa shape index (κ3) is 5.04. The zero-order chi connectivity index (χ0) is 24.4. The van der Waals surface area contributed by atoms with Crippen molar-refractivity contribution in [2.75, 3.05) is 19.7 Å². The number of carboxylic acid groups (broad SMARTS) is 1. The molecule has 1 unspecified atom stereocenters. The van der Waals surface area contributed by atoms with Gasteiger partial charge in [-0.15, -0.1) is 0 Å². The molecule has 2 aliphatic carbocycles. The van der Waals surface area contributed by atoms with E-state index in [1.54, 1.807) is 0 Å². The van der Waals surface area contributed by atoms with E-state index in [0.29, 0.717) is 25.4 Å². The lowest BCUT2D eigenvalue weighted by Crippen LogP contribution is -2.48. The van der Waals surface area contributed by atoms with Crippen molar-refractivity contribution in [3.05, 3.63) is 59.7 Å². The van der Waals surface area contributed by atoms with Crippen molar-refractivity contribution in [2.45, 2.75) is 50.5 Å². The van der Waals surface area contributed by atoms with E-state index in [1.807, 2.05) is 24.3 Å². The third-order valence-corrected chi connectivity index (χ3v) is 7.69. The van der Waals surface area contributed by atoms with E-state index in [-0.39, 0.29) is 30.8 Å². The second-order valence-electron chi connectivity index (χ2n) is 9.95. The van der Waals surface area contributed by atoms with Crippen molar-refractivity contribution in [1.82, 2.24) is 10.2 Å². The molecule has 0 aromatic heterocycles. The van der Waals surface area contributed by atoms with Gasteiger partial charge in [0.05, 0.1) is 0 Å². The minimum absolute atomic E-state index is 0.000598. The van der Waals surface area contributed by atoms with Gasteiger partial charge in [0.1, 0.15) is 12.6 Å². The Labute approximate surface area is 205 Å². The first-order chi connectivity index (χ1) is 17.0. The van der Waals surface area contributed by atoms with Gasteiger partial charge in [0.25, 0.3) is 0 Å². The van der Waals surface area contributed by atoms with Crippen molar-refractivity contribution in [3.8, 4) is 11.1 Å². The SMILES string of the molecule is O=C(NCC(CC(=O)N1CCCC[C@@H]1C(=O)O)C1CC1)OCC1c2ccccc2-c2ccccc21. The number of aliphatic carboxylic acids is 1. The Morgan fingerprint density at radius 3 is 2.26 bits per heavy atom. The summed E-state index contributed by atoms with van der Waals surface area (Å²) in [5, 5.41) is 12.4. The summed E-state index contributed by atoms with van der Waals surface area (Å²) >= 11 is 0. The normalized spacial score (nSPS) is 20.0. The van der Waals surface area contributed by atoms with E-state index in [1.165, 1.54) is 16.0 Å². The number of carbonyl (C=O) groups is 3. The van der Waals surface area contributed by atoms with Crippen LogP contribution in [0.2, 0.25) is 0 Å². The Kier molecular flexibility index (Phi) is 6.75. The number of piperidine rings is 1. The number of alkyl carbamates (subject to hydrolysis) is 1. The molecule has 2 aromatic rings. The average Bonchev–Trinajstić information content (AvgIpc) is 3.68. The largest absolute Gasteiger partial charge is 0.480 e. The Bertz CT molecular complexity index is 1070. The molecule has 184 valence electrons. The zero-order valence-electron chi connectivity index (χ0n) is 19.8. The molecule has 1 aliphatic heterocycles. The number of nitrogens with one attached hydrogen (secondary N) is 1. The van der Waals surface area contributed by atoms with Crippen LogP contribution >= 0.6 is 0 Å². The van der Waals surface area contributed by atoms with Crippen LogP contribution in [0.4, 0.5) is 4.79 Å².